The van der Waals surface area contributed by atoms with Crippen molar-refractivity contribution in [3.63, 3.8) is 0 Å². The third-order valence-electron chi connectivity index (χ3n) is 5.34. The second-order valence-corrected chi connectivity index (χ2v) is 10.1. The number of benzene rings is 1. The summed E-state index contributed by atoms with van der Waals surface area (Å²) in [6, 6.07) is 1.70. The minimum absolute atomic E-state index is 0.0771. The number of rotatable bonds is 4. The fraction of sp³-hybridized carbons (Fsp3) is 0.364. The van der Waals surface area contributed by atoms with Crippen molar-refractivity contribution in [1.29, 1.82) is 0 Å². The number of aromatic nitrogens is 4. The van der Waals surface area contributed by atoms with E-state index in [1.54, 1.807) is 27.2 Å². The Hall–Kier alpha value is -3.87. The van der Waals surface area contributed by atoms with Crippen molar-refractivity contribution >= 4 is 51.7 Å². The van der Waals surface area contributed by atoms with Crippen LogP contribution in [0.4, 0.5) is 42.3 Å². The largest absolute Gasteiger partial charge is 0.357 e. The molecule has 0 saturated heterocycles. The van der Waals surface area contributed by atoms with Gasteiger partial charge in [0.15, 0.2) is 0 Å². The molecular weight excluding hydrogens is 473 g/mol. The molecule has 2 aromatic heterocycles. The number of carbonyl (C=O) groups excluding carboxylic acids is 2. The van der Waals surface area contributed by atoms with E-state index in [0.29, 0.717) is 28.1 Å². The molecule has 0 radical (unpaired) electrons. The number of anilines is 5. The number of aryl methyl sites for hydroxylation is 1. The van der Waals surface area contributed by atoms with Gasteiger partial charge in [0.25, 0.3) is 0 Å². The lowest BCUT2D eigenvalue weighted by molar-refractivity contribution is 0.251. The zero-order chi connectivity index (χ0) is 25.5. The van der Waals surface area contributed by atoms with Gasteiger partial charge in [-0.1, -0.05) is 32.1 Å². The first-order valence-corrected chi connectivity index (χ1v) is 11.6. The van der Waals surface area contributed by atoms with E-state index in [-0.39, 0.29) is 23.7 Å². The molecule has 3 aromatic rings. The van der Waals surface area contributed by atoms with Crippen LogP contribution in [0.1, 0.15) is 36.9 Å². The summed E-state index contributed by atoms with van der Waals surface area (Å²) in [6.45, 7) is 7.86. The topological polar surface area (TPSA) is 128 Å². The number of fused-ring (bicyclic) bond motifs is 1. The van der Waals surface area contributed by atoms with E-state index >= 15 is 0 Å². The molecular formula is C22H26FN9O2S. The summed E-state index contributed by atoms with van der Waals surface area (Å²) in [4.78, 5) is 37.2. The maximum absolute atomic E-state index is 14.7. The smallest absolute Gasteiger partial charge is 0.330 e. The highest BCUT2D eigenvalue weighted by Crippen LogP contribution is 2.34. The molecule has 184 valence electrons. The summed E-state index contributed by atoms with van der Waals surface area (Å²) in [5.74, 6) is 0.265. The van der Waals surface area contributed by atoms with E-state index in [4.69, 9.17) is 0 Å². The third kappa shape index (κ3) is 4.85. The standard InChI is InChI=1S/C22H26FN9O2S/c1-11-7-13(23)14(26-19(33)28-20-30-29-17(35-20)22(2,3)4)8-15(11)32-10-12-9-25-18(24-5)27-16(12)31(6)21(32)34/h7-9H,10H2,1-6H3,(H,24,25,27)(H2,26,28,30,33). The number of nitrogens with one attached hydrogen (secondary N) is 3. The number of halogens is 1. The van der Waals surface area contributed by atoms with Gasteiger partial charge in [0.2, 0.25) is 11.1 Å². The van der Waals surface area contributed by atoms with Gasteiger partial charge in [-0.25, -0.2) is 19.0 Å². The summed E-state index contributed by atoms with van der Waals surface area (Å²) >= 11 is 1.25. The van der Waals surface area contributed by atoms with Crippen LogP contribution in [0.3, 0.4) is 0 Å². The fourth-order valence-corrected chi connectivity index (χ4v) is 4.29. The molecule has 1 aromatic carbocycles. The van der Waals surface area contributed by atoms with Crippen LogP contribution in [0.2, 0.25) is 0 Å². The highest BCUT2D eigenvalue weighted by atomic mass is 32.1. The minimum atomic E-state index is -0.671. The summed E-state index contributed by atoms with van der Waals surface area (Å²) in [6.07, 6.45) is 1.64. The van der Waals surface area contributed by atoms with Gasteiger partial charge in [-0.3, -0.25) is 15.1 Å². The van der Waals surface area contributed by atoms with Crippen LogP contribution in [0.25, 0.3) is 0 Å². The van der Waals surface area contributed by atoms with Gasteiger partial charge in [0.1, 0.15) is 16.6 Å². The molecule has 0 fully saturated rings. The van der Waals surface area contributed by atoms with E-state index in [1.165, 1.54) is 33.3 Å². The zero-order valence-electron chi connectivity index (χ0n) is 20.2. The van der Waals surface area contributed by atoms with Crippen molar-refractivity contribution in [3.05, 3.63) is 40.3 Å². The summed E-state index contributed by atoms with van der Waals surface area (Å²) in [5, 5.41) is 17.1. The highest BCUT2D eigenvalue weighted by Gasteiger charge is 2.32. The Morgan fingerprint density at radius 1 is 1.20 bits per heavy atom. The van der Waals surface area contributed by atoms with Gasteiger partial charge in [0, 0.05) is 31.3 Å². The lowest BCUT2D eigenvalue weighted by Crippen LogP contribution is -2.46. The molecule has 1 aliphatic heterocycles. The minimum Gasteiger partial charge on any atom is -0.357 e. The van der Waals surface area contributed by atoms with Crippen LogP contribution in [0.15, 0.2) is 18.3 Å². The van der Waals surface area contributed by atoms with Crippen molar-refractivity contribution in [2.24, 2.45) is 0 Å². The molecule has 11 nitrogen and oxygen atoms in total. The predicted octanol–water partition coefficient (Wildman–Crippen LogP) is 4.34. The molecule has 13 heteroatoms. The second-order valence-electron chi connectivity index (χ2n) is 9.08. The van der Waals surface area contributed by atoms with Gasteiger partial charge in [-0.05, 0) is 24.6 Å². The van der Waals surface area contributed by atoms with Gasteiger partial charge in [-0.15, -0.1) is 10.2 Å². The molecule has 0 spiro atoms. The van der Waals surface area contributed by atoms with Crippen LogP contribution in [0.5, 0.6) is 0 Å². The number of amides is 4. The average molecular weight is 500 g/mol. The number of hydrogen-bond donors (Lipinski definition) is 3. The molecule has 3 N–H and O–H groups in total. The molecule has 0 atom stereocenters. The molecule has 0 saturated carbocycles. The summed E-state index contributed by atoms with van der Waals surface area (Å²) < 4.78 is 14.7. The van der Waals surface area contributed by atoms with E-state index in [2.05, 4.69) is 36.1 Å². The molecule has 0 aliphatic carbocycles. The normalized spacial score (nSPS) is 13.5. The Bertz CT molecular complexity index is 1300. The number of urea groups is 2. The first kappa shape index (κ1) is 24.3. The maximum Gasteiger partial charge on any atom is 0.330 e. The molecule has 0 bridgehead atoms. The van der Waals surface area contributed by atoms with Gasteiger partial charge in [-0.2, -0.15) is 4.98 Å². The van der Waals surface area contributed by atoms with E-state index < -0.39 is 11.8 Å². The van der Waals surface area contributed by atoms with Gasteiger partial charge in [0.05, 0.1) is 17.9 Å². The van der Waals surface area contributed by atoms with Crippen LogP contribution >= 0.6 is 11.3 Å². The monoisotopic (exact) mass is 499 g/mol. The Balaban J connectivity index is 1.57. The van der Waals surface area contributed by atoms with E-state index in [1.807, 2.05) is 20.8 Å². The van der Waals surface area contributed by atoms with Crippen molar-refractivity contribution < 1.29 is 14.0 Å². The van der Waals surface area contributed by atoms with Crippen molar-refractivity contribution in [1.82, 2.24) is 20.2 Å². The fourth-order valence-electron chi connectivity index (χ4n) is 3.49. The molecule has 0 unspecified atom stereocenters. The Labute approximate surface area is 205 Å². The third-order valence-corrected chi connectivity index (χ3v) is 6.61. The van der Waals surface area contributed by atoms with Crippen LogP contribution in [-0.2, 0) is 12.0 Å². The predicted molar refractivity (Wildman–Crippen MR) is 134 cm³/mol. The lowest BCUT2D eigenvalue weighted by atomic mass is 9.98. The molecule has 1 aliphatic rings. The first-order valence-electron chi connectivity index (χ1n) is 10.8. The summed E-state index contributed by atoms with van der Waals surface area (Å²) in [7, 11) is 3.30. The van der Waals surface area contributed by atoms with Gasteiger partial charge >= 0.3 is 12.1 Å². The quantitative estimate of drug-likeness (QED) is 0.487. The molecule has 4 amide bonds. The Morgan fingerprint density at radius 3 is 2.60 bits per heavy atom. The first-order chi connectivity index (χ1) is 16.5. The zero-order valence-corrected chi connectivity index (χ0v) is 21.0. The molecule has 4 rings (SSSR count). The van der Waals surface area contributed by atoms with Crippen molar-refractivity contribution in [2.75, 3.05) is 39.8 Å². The lowest BCUT2D eigenvalue weighted by Gasteiger charge is -2.35. The number of nitrogens with zero attached hydrogens (tertiary/aromatic N) is 6. The number of hydrogen-bond acceptors (Lipinski definition) is 8. The van der Waals surface area contributed by atoms with Crippen LogP contribution in [0, 0.1) is 12.7 Å². The Morgan fingerprint density at radius 2 is 1.94 bits per heavy atom. The Kier molecular flexibility index (Phi) is 6.28. The van der Waals surface area contributed by atoms with Crippen molar-refractivity contribution in [3.8, 4) is 0 Å². The maximum atomic E-state index is 14.7. The summed E-state index contributed by atoms with van der Waals surface area (Å²) in [5.41, 5.74) is 1.43. The SMILES string of the molecule is CNc1ncc2c(n1)N(C)C(=O)N(c1cc(NC(=O)Nc3nnc(C(C)(C)C)s3)c(F)cc1C)C2. The van der Waals surface area contributed by atoms with Gasteiger partial charge < -0.3 is 10.6 Å². The van der Waals surface area contributed by atoms with Crippen LogP contribution < -0.4 is 25.8 Å². The van der Waals surface area contributed by atoms with Crippen molar-refractivity contribution in [2.45, 2.75) is 39.7 Å². The van der Waals surface area contributed by atoms with Crippen LogP contribution in [-0.4, -0.2) is 46.3 Å². The molecule has 3 heterocycles. The average Bonchev–Trinajstić information content (AvgIpc) is 3.27. The molecule has 35 heavy (non-hydrogen) atoms. The second kappa shape index (κ2) is 9.06. The van der Waals surface area contributed by atoms with E-state index in [0.717, 1.165) is 10.6 Å². The number of carbonyl (C=O) groups is 2. The highest BCUT2D eigenvalue weighted by molar-refractivity contribution is 7.15. The van der Waals surface area contributed by atoms with E-state index in [9.17, 15) is 14.0 Å².